The Balaban J connectivity index is 2.11. The molecule has 1 amide bonds. The normalized spacial score (nSPS) is 16.7. The van der Waals surface area contributed by atoms with E-state index in [4.69, 9.17) is 0 Å². The molecule has 24 heavy (non-hydrogen) atoms. The van der Waals surface area contributed by atoms with Gasteiger partial charge in [0.05, 0.1) is 10.6 Å². The lowest BCUT2D eigenvalue weighted by molar-refractivity contribution is -0.114. The minimum atomic E-state index is -3.60. The van der Waals surface area contributed by atoms with Crippen LogP contribution in [0.5, 0.6) is 0 Å². The van der Waals surface area contributed by atoms with Gasteiger partial charge in [0.25, 0.3) is 0 Å². The first-order chi connectivity index (χ1) is 11.5. The Bertz CT molecular complexity index is 859. The smallest absolute Gasteiger partial charge is 0.243 e. The number of carbonyl (C=O) groups excluding carboxylic acids is 1. The Morgan fingerprint density at radius 2 is 2.04 bits per heavy atom. The zero-order valence-corrected chi connectivity index (χ0v) is 14.3. The minimum absolute atomic E-state index is 0.214. The van der Waals surface area contributed by atoms with Gasteiger partial charge in [0.1, 0.15) is 0 Å². The number of nitrogens with one attached hydrogen (secondary N) is 2. The van der Waals surface area contributed by atoms with Crippen molar-refractivity contribution in [3.05, 3.63) is 30.6 Å². The summed E-state index contributed by atoms with van der Waals surface area (Å²) < 4.78 is 27.7. The number of rotatable bonds is 3. The first kappa shape index (κ1) is 16.8. The molecule has 0 spiro atoms. The molecule has 1 aromatic heterocycles. The highest BCUT2D eigenvalue weighted by atomic mass is 32.2. The van der Waals surface area contributed by atoms with Crippen LogP contribution >= 0.6 is 0 Å². The summed E-state index contributed by atoms with van der Waals surface area (Å²) in [6.45, 7) is 3.82. The van der Waals surface area contributed by atoms with Crippen LogP contribution in [0, 0.1) is 0 Å². The van der Waals surface area contributed by atoms with Crippen LogP contribution in [0.25, 0.3) is 10.8 Å². The molecule has 3 rings (SSSR count). The standard InChI is InChI=1S/C16H20N4O3S/c1-12(21)19-15-3-4-16(13-5-7-18-11-14(13)15)24(22,23)20-9-2-6-17-8-10-20/h3-5,7,11,17H,2,6,8-10H2,1H3,(H,19,21). The topological polar surface area (TPSA) is 91.4 Å². The third-order valence-electron chi connectivity index (χ3n) is 4.01. The Morgan fingerprint density at radius 3 is 2.83 bits per heavy atom. The van der Waals surface area contributed by atoms with E-state index < -0.39 is 10.0 Å². The molecule has 8 heteroatoms. The first-order valence-corrected chi connectivity index (χ1v) is 9.29. The van der Waals surface area contributed by atoms with Crippen molar-refractivity contribution in [2.24, 2.45) is 0 Å². The van der Waals surface area contributed by atoms with Crippen molar-refractivity contribution in [2.45, 2.75) is 18.2 Å². The number of hydrogen-bond donors (Lipinski definition) is 2. The maximum atomic E-state index is 13.1. The van der Waals surface area contributed by atoms with Crippen LogP contribution in [0.3, 0.4) is 0 Å². The number of sulfonamides is 1. The molecule has 1 aromatic carbocycles. The van der Waals surface area contributed by atoms with E-state index >= 15 is 0 Å². The van der Waals surface area contributed by atoms with Gasteiger partial charge in [-0.15, -0.1) is 0 Å². The quantitative estimate of drug-likeness (QED) is 0.869. The summed E-state index contributed by atoms with van der Waals surface area (Å²) in [6, 6.07) is 4.85. The number of carbonyl (C=O) groups is 1. The van der Waals surface area contributed by atoms with E-state index in [0.717, 1.165) is 13.0 Å². The fraction of sp³-hybridized carbons (Fsp3) is 0.375. The Kier molecular flexibility index (Phi) is 4.79. The van der Waals surface area contributed by atoms with E-state index in [1.165, 1.54) is 11.2 Å². The van der Waals surface area contributed by atoms with E-state index in [0.29, 0.717) is 36.1 Å². The molecule has 1 aliphatic rings. The lowest BCUT2D eigenvalue weighted by Gasteiger charge is -2.21. The summed E-state index contributed by atoms with van der Waals surface area (Å²) in [5.74, 6) is -0.214. The van der Waals surface area contributed by atoms with Crippen LogP contribution < -0.4 is 10.6 Å². The van der Waals surface area contributed by atoms with Crippen molar-refractivity contribution in [2.75, 3.05) is 31.5 Å². The average Bonchev–Trinajstić information content (AvgIpc) is 2.84. The molecule has 0 radical (unpaired) electrons. The van der Waals surface area contributed by atoms with Gasteiger partial charge in [0, 0.05) is 49.7 Å². The zero-order chi connectivity index (χ0) is 17.2. The van der Waals surface area contributed by atoms with E-state index in [9.17, 15) is 13.2 Å². The number of pyridine rings is 1. The van der Waals surface area contributed by atoms with E-state index in [1.807, 2.05) is 0 Å². The lowest BCUT2D eigenvalue weighted by atomic mass is 10.1. The van der Waals surface area contributed by atoms with Crippen molar-refractivity contribution in [1.29, 1.82) is 0 Å². The maximum Gasteiger partial charge on any atom is 0.243 e. The van der Waals surface area contributed by atoms with Gasteiger partial charge in [0.2, 0.25) is 15.9 Å². The molecule has 1 aliphatic heterocycles. The third kappa shape index (κ3) is 3.26. The second kappa shape index (κ2) is 6.84. The summed E-state index contributed by atoms with van der Waals surface area (Å²) >= 11 is 0. The Morgan fingerprint density at radius 1 is 1.21 bits per heavy atom. The lowest BCUT2D eigenvalue weighted by Crippen LogP contribution is -2.34. The largest absolute Gasteiger partial charge is 0.326 e. The number of hydrogen-bond acceptors (Lipinski definition) is 5. The zero-order valence-electron chi connectivity index (χ0n) is 13.4. The second-order valence-electron chi connectivity index (χ2n) is 5.72. The summed E-state index contributed by atoms with van der Waals surface area (Å²) in [7, 11) is -3.60. The number of amides is 1. The van der Waals surface area contributed by atoms with Gasteiger partial charge < -0.3 is 10.6 Å². The molecular weight excluding hydrogens is 328 g/mol. The van der Waals surface area contributed by atoms with E-state index in [2.05, 4.69) is 15.6 Å². The van der Waals surface area contributed by atoms with Gasteiger partial charge in [-0.05, 0) is 31.2 Å². The predicted octanol–water partition coefficient (Wildman–Crippen LogP) is 1.18. The van der Waals surface area contributed by atoms with Gasteiger partial charge in [-0.1, -0.05) is 0 Å². The van der Waals surface area contributed by atoms with Crippen molar-refractivity contribution >= 4 is 32.4 Å². The Labute approximate surface area is 141 Å². The van der Waals surface area contributed by atoms with Crippen LogP contribution in [-0.2, 0) is 14.8 Å². The molecule has 0 atom stereocenters. The minimum Gasteiger partial charge on any atom is -0.326 e. The first-order valence-electron chi connectivity index (χ1n) is 7.85. The van der Waals surface area contributed by atoms with Crippen LogP contribution in [0.15, 0.2) is 35.5 Å². The number of nitrogens with zero attached hydrogens (tertiary/aromatic N) is 2. The fourth-order valence-corrected chi connectivity index (χ4v) is 4.56. The van der Waals surface area contributed by atoms with Crippen LogP contribution in [-0.4, -0.2) is 49.8 Å². The number of benzene rings is 1. The molecule has 1 fully saturated rings. The second-order valence-corrected chi connectivity index (χ2v) is 7.63. The number of aromatic nitrogens is 1. The number of fused-ring (bicyclic) bond motifs is 1. The summed E-state index contributed by atoms with van der Waals surface area (Å²) in [6.07, 6.45) is 3.91. The van der Waals surface area contributed by atoms with Crippen LogP contribution in [0.2, 0.25) is 0 Å². The van der Waals surface area contributed by atoms with Gasteiger partial charge in [-0.2, -0.15) is 4.31 Å². The molecular formula is C16H20N4O3S. The highest BCUT2D eigenvalue weighted by molar-refractivity contribution is 7.89. The fourth-order valence-electron chi connectivity index (χ4n) is 2.89. The molecule has 1 saturated heterocycles. The van der Waals surface area contributed by atoms with Crippen LogP contribution in [0.1, 0.15) is 13.3 Å². The van der Waals surface area contributed by atoms with E-state index in [1.54, 1.807) is 30.6 Å². The summed E-state index contributed by atoms with van der Waals surface area (Å²) in [5.41, 5.74) is 0.557. The Hall–Kier alpha value is -2.03. The third-order valence-corrected chi connectivity index (χ3v) is 5.96. The molecule has 0 unspecified atom stereocenters. The molecule has 2 N–H and O–H groups in total. The van der Waals surface area contributed by atoms with Crippen molar-refractivity contribution in [1.82, 2.24) is 14.6 Å². The SMILES string of the molecule is CC(=O)Nc1ccc(S(=O)(=O)N2CCCNCC2)c2ccncc12. The molecule has 128 valence electrons. The van der Waals surface area contributed by atoms with Crippen molar-refractivity contribution in [3.8, 4) is 0 Å². The molecule has 2 heterocycles. The van der Waals surface area contributed by atoms with Gasteiger partial charge >= 0.3 is 0 Å². The molecule has 7 nitrogen and oxygen atoms in total. The predicted molar refractivity (Wildman–Crippen MR) is 92.3 cm³/mol. The van der Waals surface area contributed by atoms with Crippen molar-refractivity contribution in [3.63, 3.8) is 0 Å². The monoisotopic (exact) mass is 348 g/mol. The van der Waals surface area contributed by atoms with Gasteiger partial charge in [-0.3, -0.25) is 9.78 Å². The summed E-state index contributed by atoms with van der Waals surface area (Å²) in [5, 5.41) is 7.10. The average molecular weight is 348 g/mol. The van der Waals surface area contributed by atoms with Crippen molar-refractivity contribution < 1.29 is 13.2 Å². The maximum absolute atomic E-state index is 13.1. The summed E-state index contributed by atoms with van der Waals surface area (Å²) in [4.78, 5) is 15.7. The molecule has 0 saturated carbocycles. The van der Waals surface area contributed by atoms with E-state index in [-0.39, 0.29) is 10.8 Å². The highest BCUT2D eigenvalue weighted by Gasteiger charge is 2.27. The van der Waals surface area contributed by atoms with Crippen LogP contribution in [0.4, 0.5) is 5.69 Å². The molecule has 0 bridgehead atoms. The molecule has 2 aromatic rings. The van der Waals surface area contributed by atoms with Gasteiger partial charge in [-0.25, -0.2) is 8.42 Å². The van der Waals surface area contributed by atoms with Gasteiger partial charge in [0.15, 0.2) is 0 Å². The molecule has 0 aliphatic carbocycles. The highest BCUT2D eigenvalue weighted by Crippen LogP contribution is 2.30. The number of anilines is 1.